The SMILES string of the molecule is CC1(C)CC(N)CCN1C(=O)C1CCCC1. The molecule has 0 spiro atoms. The van der Waals surface area contributed by atoms with Gasteiger partial charge in [0.15, 0.2) is 0 Å². The number of piperidine rings is 1. The average molecular weight is 224 g/mol. The van der Waals surface area contributed by atoms with Crippen LogP contribution in [0.15, 0.2) is 0 Å². The van der Waals surface area contributed by atoms with E-state index in [-0.39, 0.29) is 11.6 Å². The summed E-state index contributed by atoms with van der Waals surface area (Å²) in [5, 5.41) is 0. The zero-order valence-corrected chi connectivity index (χ0v) is 10.5. The Kier molecular flexibility index (Phi) is 3.24. The molecule has 1 unspecified atom stereocenters. The summed E-state index contributed by atoms with van der Waals surface area (Å²) >= 11 is 0. The number of likely N-dealkylation sites (tertiary alicyclic amines) is 1. The van der Waals surface area contributed by atoms with Gasteiger partial charge in [-0.25, -0.2) is 0 Å². The first kappa shape index (κ1) is 11.9. The van der Waals surface area contributed by atoms with Gasteiger partial charge in [0.25, 0.3) is 0 Å². The average Bonchev–Trinajstić information content (AvgIpc) is 2.67. The molecule has 1 saturated carbocycles. The molecule has 1 saturated heterocycles. The quantitative estimate of drug-likeness (QED) is 0.739. The van der Waals surface area contributed by atoms with Crippen LogP contribution in [0.4, 0.5) is 0 Å². The maximum atomic E-state index is 12.4. The number of carbonyl (C=O) groups is 1. The highest BCUT2D eigenvalue weighted by Crippen LogP contribution is 2.33. The smallest absolute Gasteiger partial charge is 0.226 e. The summed E-state index contributed by atoms with van der Waals surface area (Å²) in [7, 11) is 0. The molecule has 0 bridgehead atoms. The lowest BCUT2D eigenvalue weighted by Gasteiger charge is -2.45. The van der Waals surface area contributed by atoms with Crippen molar-refractivity contribution in [2.45, 2.75) is 64.0 Å². The highest BCUT2D eigenvalue weighted by molar-refractivity contribution is 5.80. The number of hydrogen-bond donors (Lipinski definition) is 1. The molecule has 1 atom stereocenters. The fourth-order valence-electron chi connectivity index (χ4n) is 3.25. The highest BCUT2D eigenvalue weighted by Gasteiger charge is 2.39. The second kappa shape index (κ2) is 4.36. The summed E-state index contributed by atoms with van der Waals surface area (Å²) in [6.45, 7) is 5.15. The molecule has 3 nitrogen and oxygen atoms in total. The van der Waals surface area contributed by atoms with Crippen molar-refractivity contribution in [1.82, 2.24) is 4.90 Å². The molecule has 2 aliphatic rings. The molecule has 3 heteroatoms. The van der Waals surface area contributed by atoms with Crippen LogP contribution in [-0.4, -0.2) is 28.9 Å². The van der Waals surface area contributed by atoms with E-state index in [2.05, 4.69) is 18.7 Å². The van der Waals surface area contributed by atoms with Gasteiger partial charge in [0, 0.05) is 24.0 Å². The molecular weight excluding hydrogens is 200 g/mol. The molecule has 2 N–H and O–H groups in total. The van der Waals surface area contributed by atoms with Crippen molar-refractivity contribution < 1.29 is 4.79 Å². The van der Waals surface area contributed by atoms with Gasteiger partial charge in [-0.05, 0) is 39.5 Å². The minimum atomic E-state index is -0.0443. The third-order valence-electron chi connectivity index (χ3n) is 4.19. The maximum absolute atomic E-state index is 12.4. The van der Waals surface area contributed by atoms with E-state index in [0.717, 1.165) is 32.2 Å². The van der Waals surface area contributed by atoms with Crippen LogP contribution in [0.1, 0.15) is 52.4 Å². The predicted octanol–water partition coefficient (Wildman–Crippen LogP) is 1.90. The Bertz CT molecular complexity index is 269. The van der Waals surface area contributed by atoms with Crippen molar-refractivity contribution in [3.63, 3.8) is 0 Å². The first-order chi connectivity index (χ1) is 7.50. The van der Waals surface area contributed by atoms with Crippen molar-refractivity contribution in [1.29, 1.82) is 0 Å². The van der Waals surface area contributed by atoms with Gasteiger partial charge in [0.1, 0.15) is 0 Å². The van der Waals surface area contributed by atoms with Crippen LogP contribution >= 0.6 is 0 Å². The monoisotopic (exact) mass is 224 g/mol. The van der Waals surface area contributed by atoms with Crippen LogP contribution in [-0.2, 0) is 4.79 Å². The van der Waals surface area contributed by atoms with Crippen molar-refractivity contribution in [2.75, 3.05) is 6.54 Å². The van der Waals surface area contributed by atoms with E-state index in [1.807, 2.05) is 0 Å². The Hall–Kier alpha value is -0.570. The van der Waals surface area contributed by atoms with Gasteiger partial charge in [-0.2, -0.15) is 0 Å². The molecule has 1 aliphatic heterocycles. The summed E-state index contributed by atoms with van der Waals surface area (Å²) in [5.74, 6) is 0.683. The van der Waals surface area contributed by atoms with Crippen LogP contribution < -0.4 is 5.73 Å². The van der Waals surface area contributed by atoms with E-state index < -0.39 is 0 Å². The number of hydrogen-bond acceptors (Lipinski definition) is 2. The van der Waals surface area contributed by atoms with Crippen molar-refractivity contribution in [3.8, 4) is 0 Å². The molecule has 1 heterocycles. The second-order valence-corrected chi connectivity index (χ2v) is 6.04. The van der Waals surface area contributed by atoms with E-state index in [1.54, 1.807) is 0 Å². The Labute approximate surface area is 98.4 Å². The molecule has 16 heavy (non-hydrogen) atoms. The second-order valence-electron chi connectivity index (χ2n) is 6.04. The number of rotatable bonds is 1. The molecule has 1 amide bonds. The van der Waals surface area contributed by atoms with Gasteiger partial charge in [0.2, 0.25) is 5.91 Å². The van der Waals surface area contributed by atoms with Crippen LogP contribution in [0.2, 0.25) is 0 Å². The largest absolute Gasteiger partial charge is 0.337 e. The minimum absolute atomic E-state index is 0.0443. The lowest BCUT2D eigenvalue weighted by molar-refractivity contribution is -0.143. The summed E-state index contributed by atoms with van der Waals surface area (Å²) in [5.41, 5.74) is 5.94. The first-order valence-corrected chi connectivity index (χ1v) is 6.58. The van der Waals surface area contributed by atoms with Crippen LogP contribution in [0.3, 0.4) is 0 Å². The molecule has 1 aliphatic carbocycles. The summed E-state index contributed by atoms with van der Waals surface area (Å²) in [6, 6.07) is 0.266. The lowest BCUT2D eigenvalue weighted by atomic mass is 9.86. The van der Waals surface area contributed by atoms with E-state index in [1.165, 1.54) is 12.8 Å². The van der Waals surface area contributed by atoms with Gasteiger partial charge < -0.3 is 10.6 Å². The maximum Gasteiger partial charge on any atom is 0.226 e. The third kappa shape index (κ3) is 2.24. The van der Waals surface area contributed by atoms with Crippen LogP contribution in [0.25, 0.3) is 0 Å². The Morgan fingerprint density at radius 1 is 1.25 bits per heavy atom. The van der Waals surface area contributed by atoms with Gasteiger partial charge >= 0.3 is 0 Å². The normalized spacial score (nSPS) is 30.7. The van der Waals surface area contributed by atoms with Crippen molar-refractivity contribution in [2.24, 2.45) is 11.7 Å². The molecule has 0 aromatic rings. The van der Waals surface area contributed by atoms with E-state index >= 15 is 0 Å². The number of nitrogens with two attached hydrogens (primary N) is 1. The molecule has 2 fully saturated rings. The Morgan fingerprint density at radius 3 is 2.44 bits per heavy atom. The topological polar surface area (TPSA) is 46.3 Å². The lowest BCUT2D eigenvalue weighted by Crippen LogP contribution is -2.57. The van der Waals surface area contributed by atoms with Crippen molar-refractivity contribution in [3.05, 3.63) is 0 Å². The number of nitrogens with zero attached hydrogens (tertiary/aromatic N) is 1. The van der Waals surface area contributed by atoms with E-state index in [9.17, 15) is 4.79 Å². The molecule has 0 aromatic carbocycles. The van der Waals surface area contributed by atoms with Gasteiger partial charge in [-0.1, -0.05) is 12.8 Å². The Morgan fingerprint density at radius 2 is 1.88 bits per heavy atom. The van der Waals surface area contributed by atoms with Gasteiger partial charge in [-0.15, -0.1) is 0 Å². The Balaban J connectivity index is 2.04. The van der Waals surface area contributed by atoms with Gasteiger partial charge in [0.05, 0.1) is 0 Å². The molecule has 0 aromatic heterocycles. The zero-order valence-electron chi connectivity index (χ0n) is 10.5. The molecule has 92 valence electrons. The van der Waals surface area contributed by atoms with E-state index in [4.69, 9.17) is 5.73 Å². The molecule has 2 rings (SSSR count). The number of carbonyl (C=O) groups excluding carboxylic acids is 1. The fourth-order valence-corrected chi connectivity index (χ4v) is 3.25. The van der Waals surface area contributed by atoms with Crippen molar-refractivity contribution >= 4 is 5.91 Å². The minimum Gasteiger partial charge on any atom is -0.337 e. The van der Waals surface area contributed by atoms with Crippen LogP contribution in [0, 0.1) is 5.92 Å². The van der Waals surface area contributed by atoms with Gasteiger partial charge in [-0.3, -0.25) is 4.79 Å². The highest BCUT2D eigenvalue weighted by atomic mass is 16.2. The third-order valence-corrected chi connectivity index (χ3v) is 4.19. The summed E-state index contributed by atoms with van der Waals surface area (Å²) < 4.78 is 0. The zero-order chi connectivity index (χ0) is 11.8. The fraction of sp³-hybridized carbons (Fsp3) is 0.923. The summed E-state index contributed by atoms with van der Waals surface area (Å²) in [6.07, 6.45) is 6.54. The van der Waals surface area contributed by atoms with E-state index in [0.29, 0.717) is 11.8 Å². The molecular formula is C13H24N2O. The molecule has 0 radical (unpaired) electrons. The van der Waals surface area contributed by atoms with Crippen LogP contribution in [0.5, 0.6) is 0 Å². The number of amides is 1. The predicted molar refractivity (Wildman–Crippen MR) is 65.0 cm³/mol. The standard InChI is InChI=1S/C13H24N2O/c1-13(2)9-11(14)7-8-15(13)12(16)10-5-3-4-6-10/h10-11H,3-9,14H2,1-2H3. The summed E-state index contributed by atoms with van der Waals surface area (Å²) in [4.78, 5) is 14.5. The first-order valence-electron chi connectivity index (χ1n) is 6.58.